The monoisotopic (exact) mass is 589 g/mol. The number of rotatable bonds is 5. The average molecular weight is 590 g/mol. The number of hydrogen-bond acceptors (Lipinski definition) is 6. The van der Waals surface area contributed by atoms with E-state index in [0.717, 1.165) is 11.1 Å². The summed E-state index contributed by atoms with van der Waals surface area (Å²) in [6.07, 6.45) is 1.96. The average Bonchev–Trinajstić information content (AvgIpc) is 3.49. The van der Waals surface area contributed by atoms with E-state index in [0.29, 0.717) is 16.9 Å². The van der Waals surface area contributed by atoms with Crippen molar-refractivity contribution in [3.8, 4) is 0 Å². The Morgan fingerprint density at radius 3 is 2.44 bits per heavy atom. The number of nitro groups is 1. The Balaban J connectivity index is 1.56. The quantitative estimate of drug-likeness (QED) is 0.162. The summed E-state index contributed by atoms with van der Waals surface area (Å²) >= 11 is 6.57. The van der Waals surface area contributed by atoms with Gasteiger partial charge < -0.3 is 10.2 Å². The Labute approximate surface area is 251 Å². The molecule has 0 radical (unpaired) electrons. The Bertz CT molecular complexity index is 1920. The molecule has 1 saturated heterocycles. The summed E-state index contributed by atoms with van der Waals surface area (Å²) in [5.41, 5.74) is 2.11. The van der Waals surface area contributed by atoms with Crippen LogP contribution in [-0.2, 0) is 10.2 Å². The van der Waals surface area contributed by atoms with Crippen LogP contribution in [0.4, 0.5) is 17.1 Å². The number of halogens is 1. The number of nitrogens with zero attached hydrogens (tertiary/aromatic N) is 2. The first-order valence-corrected chi connectivity index (χ1v) is 14.2. The molecule has 1 spiro atoms. The van der Waals surface area contributed by atoms with Crippen molar-refractivity contribution in [2.24, 2.45) is 5.92 Å². The third-order valence-corrected chi connectivity index (χ3v) is 9.25. The summed E-state index contributed by atoms with van der Waals surface area (Å²) in [7, 11) is 0. The molecule has 1 N–H and O–H groups in total. The molecule has 1 fully saturated rings. The van der Waals surface area contributed by atoms with Crippen molar-refractivity contribution >= 4 is 51.7 Å². The van der Waals surface area contributed by atoms with Crippen LogP contribution >= 0.6 is 11.6 Å². The third-order valence-electron chi connectivity index (χ3n) is 8.92. The number of ketones is 2. The van der Waals surface area contributed by atoms with Gasteiger partial charge in [-0.05, 0) is 42.3 Å². The second-order valence-electron chi connectivity index (χ2n) is 11.0. The predicted molar refractivity (Wildman–Crippen MR) is 164 cm³/mol. The van der Waals surface area contributed by atoms with E-state index in [1.165, 1.54) is 24.3 Å². The van der Waals surface area contributed by atoms with Crippen LogP contribution in [0, 0.1) is 16.0 Å². The van der Waals surface area contributed by atoms with Gasteiger partial charge in [0.2, 0.25) is 5.91 Å². The van der Waals surface area contributed by atoms with Gasteiger partial charge in [0, 0.05) is 40.2 Å². The molecule has 0 unspecified atom stereocenters. The van der Waals surface area contributed by atoms with E-state index >= 15 is 0 Å². The first-order chi connectivity index (χ1) is 20.7. The van der Waals surface area contributed by atoms with Gasteiger partial charge in [-0.3, -0.25) is 24.5 Å². The van der Waals surface area contributed by atoms with Gasteiger partial charge in [0.15, 0.2) is 11.6 Å². The van der Waals surface area contributed by atoms with Crippen molar-refractivity contribution in [2.45, 2.75) is 24.4 Å². The minimum Gasteiger partial charge on any atom is -0.352 e. The van der Waals surface area contributed by atoms with Crippen molar-refractivity contribution in [3.63, 3.8) is 0 Å². The number of non-ortho nitro benzene ring substituents is 1. The van der Waals surface area contributed by atoms with Crippen molar-refractivity contribution in [1.29, 1.82) is 0 Å². The molecule has 3 aliphatic heterocycles. The molecule has 3 heterocycles. The number of nitro benzene ring substituents is 1. The van der Waals surface area contributed by atoms with Crippen molar-refractivity contribution in [1.82, 2.24) is 0 Å². The normalized spacial score (nSPS) is 23.2. The minimum atomic E-state index is -1.53. The molecule has 0 aromatic heterocycles. The van der Waals surface area contributed by atoms with Crippen LogP contribution in [0.3, 0.4) is 0 Å². The highest BCUT2D eigenvalue weighted by Crippen LogP contribution is 2.59. The van der Waals surface area contributed by atoms with Crippen LogP contribution in [0.2, 0.25) is 5.02 Å². The van der Waals surface area contributed by atoms with Crippen LogP contribution in [0.1, 0.15) is 38.8 Å². The van der Waals surface area contributed by atoms with E-state index < -0.39 is 45.8 Å². The van der Waals surface area contributed by atoms with Crippen LogP contribution in [0.15, 0.2) is 103 Å². The van der Waals surface area contributed by atoms with E-state index in [1.807, 2.05) is 48.2 Å². The number of para-hydroxylation sites is 2. The maximum Gasteiger partial charge on any atom is 0.270 e. The number of amides is 1. The summed E-state index contributed by atoms with van der Waals surface area (Å²) in [5, 5.41) is 14.9. The topological polar surface area (TPSA) is 110 Å². The van der Waals surface area contributed by atoms with Gasteiger partial charge in [0.25, 0.3) is 5.69 Å². The lowest BCUT2D eigenvalue weighted by molar-refractivity contribution is -0.384. The molecule has 212 valence electrons. The largest absolute Gasteiger partial charge is 0.352 e. The van der Waals surface area contributed by atoms with E-state index in [9.17, 15) is 24.5 Å². The first-order valence-electron chi connectivity index (χ1n) is 13.8. The number of hydrogen-bond donors (Lipinski definition) is 1. The van der Waals surface area contributed by atoms with Crippen molar-refractivity contribution in [3.05, 3.63) is 141 Å². The number of carbonyl (C=O) groups is 3. The van der Waals surface area contributed by atoms with Gasteiger partial charge in [0.1, 0.15) is 11.5 Å². The number of anilines is 2. The third kappa shape index (κ3) is 3.73. The highest BCUT2D eigenvalue weighted by molar-refractivity contribution is 6.34. The molecule has 8 nitrogen and oxygen atoms in total. The van der Waals surface area contributed by atoms with Gasteiger partial charge in [-0.25, -0.2) is 0 Å². The Kier molecular flexibility index (Phi) is 6.07. The number of fused-ring (bicyclic) bond motifs is 6. The predicted octanol–water partition coefficient (Wildman–Crippen LogP) is 6.49. The summed E-state index contributed by atoms with van der Waals surface area (Å²) in [6.45, 7) is 1.95. The van der Waals surface area contributed by atoms with Crippen molar-refractivity contribution in [2.75, 3.05) is 10.2 Å². The molecule has 9 heteroatoms. The molecule has 0 saturated carbocycles. The molecule has 4 atom stereocenters. The molecule has 1 amide bonds. The molecule has 0 bridgehead atoms. The number of nitrogens with one attached hydrogen (secondary N) is 1. The van der Waals surface area contributed by atoms with Gasteiger partial charge in [-0.15, -0.1) is 0 Å². The Morgan fingerprint density at radius 1 is 0.930 bits per heavy atom. The maximum absolute atomic E-state index is 14.9. The molecule has 7 rings (SSSR count). The molecule has 4 aromatic rings. The maximum atomic E-state index is 14.9. The van der Waals surface area contributed by atoms with E-state index in [2.05, 4.69) is 5.32 Å². The zero-order valence-corrected chi connectivity index (χ0v) is 23.6. The summed E-state index contributed by atoms with van der Waals surface area (Å²) in [5.74, 6) is -2.64. The van der Waals surface area contributed by atoms with E-state index in [4.69, 9.17) is 11.6 Å². The van der Waals surface area contributed by atoms with Gasteiger partial charge in [-0.1, -0.05) is 78.3 Å². The minimum absolute atomic E-state index is 0.0431. The second-order valence-corrected chi connectivity index (χ2v) is 11.4. The fraction of sp³-hybridized carbons (Fsp3) is 0.147. The van der Waals surface area contributed by atoms with Crippen LogP contribution in [0.5, 0.6) is 0 Å². The lowest BCUT2D eigenvalue weighted by Gasteiger charge is -2.39. The zero-order chi connectivity index (χ0) is 30.0. The van der Waals surface area contributed by atoms with Crippen LogP contribution < -0.4 is 10.2 Å². The lowest BCUT2D eigenvalue weighted by Crippen LogP contribution is -2.51. The SMILES string of the molecule is CC1=C[C@@H]2N(c3ccccc31)[C@H](C(=O)c1ccccc1Cl)[C@@H](C(=O)c1cccc([N+](=O)[O-])c1)[C@@]21C(=O)Nc2ccccc21. The summed E-state index contributed by atoms with van der Waals surface area (Å²) in [6, 6.07) is 25.0. The number of carbonyl (C=O) groups excluding carboxylic acids is 3. The molecule has 0 aliphatic carbocycles. The second kappa shape index (κ2) is 9.74. The standard InChI is InChI=1S/C34H24ClN3O5/c1-19-17-28-34(24-13-4-6-15-26(24)36-33(34)41)29(31(39)20-9-8-10-21(18-20)38(42)43)30(32(40)23-12-2-5-14-25(23)35)37(28)27-16-7-3-11-22(19)27/h2-18,28-30H,1H3,(H,36,41)/t28-,29-,30-,34-/m0/s1. The fourth-order valence-corrected chi connectivity index (χ4v) is 7.39. The highest BCUT2D eigenvalue weighted by Gasteiger charge is 2.70. The molecule has 43 heavy (non-hydrogen) atoms. The summed E-state index contributed by atoms with van der Waals surface area (Å²) < 4.78 is 0. The van der Waals surface area contributed by atoms with E-state index in [1.54, 1.807) is 42.5 Å². The first kappa shape index (κ1) is 26.8. The number of Topliss-reactive ketones (excluding diaryl/α,β-unsaturated/α-hetero) is 2. The van der Waals surface area contributed by atoms with E-state index in [-0.39, 0.29) is 21.8 Å². The number of benzene rings is 4. The lowest BCUT2D eigenvalue weighted by atomic mass is 9.64. The molecule has 3 aliphatic rings. The fourth-order valence-electron chi connectivity index (χ4n) is 7.16. The van der Waals surface area contributed by atoms with Gasteiger partial charge >= 0.3 is 0 Å². The van der Waals surface area contributed by atoms with Gasteiger partial charge in [0.05, 0.1) is 21.9 Å². The Hall–Kier alpha value is -5.08. The van der Waals surface area contributed by atoms with Crippen molar-refractivity contribution < 1.29 is 19.3 Å². The Morgan fingerprint density at radius 2 is 1.65 bits per heavy atom. The van der Waals surface area contributed by atoms with Crippen LogP contribution in [-0.4, -0.2) is 34.5 Å². The zero-order valence-electron chi connectivity index (χ0n) is 22.9. The molecule has 4 aromatic carbocycles. The smallest absolute Gasteiger partial charge is 0.270 e. The highest BCUT2D eigenvalue weighted by atomic mass is 35.5. The number of allylic oxidation sites excluding steroid dienone is 1. The summed E-state index contributed by atoms with van der Waals surface area (Å²) in [4.78, 5) is 57.1. The van der Waals surface area contributed by atoms with Crippen LogP contribution in [0.25, 0.3) is 5.57 Å². The molecular formula is C34H24ClN3O5. The molecular weight excluding hydrogens is 566 g/mol. The van der Waals surface area contributed by atoms with Gasteiger partial charge in [-0.2, -0.15) is 0 Å².